The summed E-state index contributed by atoms with van der Waals surface area (Å²) in [4.78, 5) is 4.73. The Kier molecular flexibility index (Phi) is 4.16. The summed E-state index contributed by atoms with van der Waals surface area (Å²) in [6.45, 7) is 0.774. The Bertz CT molecular complexity index is 855. The van der Waals surface area contributed by atoms with E-state index in [1.807, 2.05) is 43.2 Å². The number of rotatable bonds is 4. The highest BCUT2D eigenvalue weighted by Gasteiger charge is 2.19. The number of imidazole rings is 1. The largest absolute Gasteiger partial charge is 0.324 e. The smallest absolute Gasteiger partial charge is 0.133 e. The van der Waals surface area contributed by atoms with Gasteiger partial charge < -0.3 is 4.57 Å². The van der Waals surface area contributed by atoms with Gasteiger partial charge in [0.15, 0.2) is 0 Å². The fourth-order valence-electron chi connectivity index (χ4n) is 2.83. The lowest BCUT2D eigenvalue weighted by Gasteiger charge is -2.12. The van der Waals surface area contributed by atoms with Crippen LogP contribution in [0.15, 0.2) is 48.5 Å². The number of aromatic nitrogens is 2. The molecule has 0 spiro atoms. The summed E-state index contributed by atoms with van der Waals surface area (Å²) in [6, 6.07) is 14.6. The van der Waals surface area contributed by atoms with Gasteiger partial charge in [0.1, 0.15) is 11.6 Å². The molecule has 1 fully saturated rings. The van der Waals surface area contributed by atoms with Crippen molar-refractivity contribution in [3.8, 4) is 0 Å². The third-order valence-corrected chi connectivity index (χ3v) is 4.05. The summed E-state index contributed by atoms with van der Waals surface area (Å²) >= 11 is 0. The normalized spacial score (nSPS) is 15.7. The van der Waals surface area contributed by atoms with Crippen molar-refractivity contribution in [1.82, 2.24) is 9.55 Å². The van der Waals surface area contributed by atoms with Crippen LogP contribution in [-0.2, 0) is 6.54 Å². The zero-order valence-corrected chi connectivity index (χ0v) is 13.1. The van der Waals surface area contributed by atoms with Gasteiger partial charge in [0.2, 0.25) is 0 Å². The first-order valence-electron chi connectivity index (χ1n) is 7.89. The zero-order valence-electron chi connectivity index (χ0n) is 13.1. The molecule has 3 aromatic rings. The molecule has 0 aliphatic heterocycles. The maximum atomic E-state index is 13.0. The fourth-order valence-corrected chi connectivity index (χ4v) is 2.83. The molecule has 0 atom stereocenters. The summed E-state index contributed by atoms with van der Waals surface area (Å²) in [7, 11) is 0. The zero-order chi connectivity index (χ0) is 16.4. The van der Waals surface area contributed by atoms with Crippen LogP contribution in [0.5, 0.6) is 0 Å². The van der Waals surface area contributed by atoms with E-state index in [-0.39, 0.29) is 5.82 Å². The molecule has 24 heavy (non-hydrogen) atoms. The van der Waals surface area contributed by atoms with Crippen molar-refractivity contribution in [2.45, 2.75) is 6.54 Å². The Morgan fingerprint density at radius 3 is 2.46 bits per heavy atom. The molecule has 5 radical (unpaired) electrons. The molecule has 0 amide bonds. The van der Waals surface area contributed by atoms with E-state index in [0.29, 0.717) is 0 Å². The van der Waals surface area contributed by atoms with Crippen LogP contribution in [0.25, 0.3) is 23.2 Å². The molecule has 1 aliphatic carbocycles. The minimum absolute atomic E-state index is 0.226. The Labute approximate surface area is 141 Å². The molecule has 1 aromatic heterocycles. The van der Waals surface area contributed by atoms with Crippen LogP contribution >= 0.6 is 0 Å². The van der Waals surface area contributed by atoms with Gasteiger partial charge in [0.25, 0.3) is 0 Å². The topological polar surface area (TPSA) is 17.8 Å². The SMILES string of the molecule is Fc1ccc(/C=C/c2nc3ccccc3n2C[C]2[CH][CH][CH][CH]2)cc1. The summed E-state index contributed by atoms with van der Waals surface area (Å²) < 4.78 is 15.2. The molecular weight excluding hydrogens is 299 g/mol. The minimum atomic E-state index is -0.226. The number of para-hydroxylation sites is 2. The minimum Gasteiger partial charge on any atom is -0.324 e. The van der Waals surface area contributed by atoms with E-state index in [2.05, 4.69) is 23.5 Å². The standard InChI is InChI=1S/C21H16FN2/c22-18-12-9-16(10-13-18)11-14-21-23-19-7-3-4-8-20(19)24(21)15-17-5-1-2-6-17/h1-14H,15H2/b14-11+. The van der Waals surface area contributed by atoms with Gasteiger partial charge in [-0.3, -0.25) is 0 Å². The van der Waals surface area contributed by atoms with Crippen molar-refractivity contribution < 1.29 is 4.39 Å². The van der Waals surface area contributed by atoms with E-state index in [1.165, 1.54) is 18.1 Å². The molecule has 2 nitrogen and oxygen atoms in total. The Morgan fingerprint density at radius 1 is 0.917 bits per heavy atom. The van der Waals surface area contributed by atoms with Crippen LogP contribution in [0.3, 0.4) is 0 Å². The van der Waals surface area contributed by atoms with Crippen LogP contribution in [-0.4, -0.2) is 9.55 Å². The van der Waals surface area contributed by atoms with Crippen LogP contribution in [0.4, 0.5) is 4.39 Å². The average molecular weight is 315 g/mol. The number of fused-ring (bicyclic) bond motifs is 1. The van der Waals surface area contributed by atoms with Crippen molar-refractivity contribution in [3.63, 3.8) is 0 Å². The Balaban J connectivity index is 1.69. The van der Waals surface area contributed by atoms with Crippen LogP contribution in [0.1, 0.15) is 11.4 Å². The number of halogens is 1. The van der Waals surface area contributed by atoms with Crippen molar-refractivity contribution in [3.05, 3.63) is 97.3 Å². The van der Waals surface area contributed by atoms with Crippen LogP contribution in [0.2, 0.25) is 0 Å². The van der Waals surface area contributed by atoms with Crippen molar-refractivity contribution >= 4 is 23.2 Å². The third kappa shape index (κ3) is 3.12. The lowest BCUT2D eigenvalue weighted by molar-refractivity contribution is 0.628. The van der Waals surface area contributed by atoms with E-state index in [4.69, 9.17) is 4.98 Å². The lowest BCUT2D eigenvalue weighted by atomic mass is 10.1. The van der Waals surface area contributed by atoms with E-state index in [9.17, 15) is 4.39 Å². The first kappa shape index (κ1) is 15.1. The van der Waals surface area contributed by atoms with Crippen LogP contribution < -0.4 is 0 Å². The molecule has 117 valence electrons. The summed E-state index contributed by atoms with van der Waals surface area (Å²) in [5, 5.41) is 0. The molecule has 2 aromatic carbocycles. The molecule has 0 unspecified atom stereocenters. The highest BCUT2D eigenvalue weighted by molar-refractivity contribution is 5.80. The average Bonchev–Trinajstić information content (AvgIpc) is 3.23. The van der Waals surface area contributed by atoms with Crippen molar-refractivity contribution in [2.75, 3.05) is 0 Å². The molecule has 0 N–H and O–H groups in total. The predicted molar refractivity (Wildman–Crippen MR) is 95.5 cm³/mol. The second kappa shape index (κ2) is 6.60. The molecule has 4 rings (SSSR count). The maximum absolute atomic E-state index is 13.0. The number of nitrogens with zero attached hydrogens (tertiary/aromatic N) is 2. The van der Waals surface area contributed by atoms with E-state index < -0.39 is 0 Å². The first-order valence-corrected chi connectivity index (χ1v) is 7.89. The Morgan fingerprint density at radius 2 is 1.67 bits per heavy atom. The second-order valence-electron chi connectivity index (χ2n) is 5.72. The fraction of sp³-hybridized carbons (Fsp3) is 0.0476. The summed E-state index contributed by atoms with van der Waals surface area (Å²) in [5.74, 6) is 1.91. The third-order valence-electron chi connectivity index (χ3n) is 4.05. The highest BCUT2D eigenvalue weighted by Crippen LogP contribution is 2.28. The molecule has 3 heteroatoms. The van der Waals surface area contributed by atoms with Gasteiger partial charge in [-0.15, -0.1) is 0 Å². The molecule has 0 saturated heterocycles. The maximum Gasteiger partial charge on any atom is 0.133 e. The van der Waals surface area contributed by atoms with Gasteiger partial charge in [-0.05, 0) is 61.6 Å². The predicted octanol–water partition coefficient (Wildman–Crippen LogP) is 4.75. The van der Waals surface area contributed by atoms with E-state index >= 15 is 0 Å². The number of hydrogen-bond donors (Lipinski definition) is 0. The van der Waals surface area contributed by atoms with Gasteiger partial charge in [0, 0.05) is 12.5 Å². The quantitative estimate of drug-likeness (QED) is 0.679. The number of hydrogen-bond acceptors (Lipinski definition) is 1. The van der Waals surface area contributed by atoms with Gasteiger partial charge >= 0.3 is 0 Å². The molecule has 0 bridgehead atoms. The molecule has 1 saturated carbocycles. The first-order chi connectivity index (χ1) is 11.8. The molecule has 1 aliphatic rings. The summed E-state index contributed by atoms with van der Waals surface area (Å²) in [5.41, 5.74) is 3.03. The monoisotopic (exact) mass is 315 g/mol. The molecular formula is C21H16FN2. The van der Waals surface area contributed by atoms with Gasteiger partial charge in [-0.2, -0.15) is 0 Å². The second-order valence-corrected chi connectivity index (χ2v) is 5.72. The molecule has 1 heterocycles. The van der Waals surface area contributed by atoms with Gasteiger partial charge in [-0.1, -0.05) is 30.3 Å². The summed E-state index contributed by atoms with van der Waals surface area (Å²) in [6.07, 6.45) is 12.3. The van der Waals surface area contributed by atoms with Gasteiger partial charge in [0.05, 0.1) is 11.0 Å². The number of benzene rings is 2. The Hall–Kier alpha value is -2.42. The van der Waals surface area contributed by atoms with E-state index in [1.54, 1.807) is 12.1 Å². The van der Waals surface area contributed by atoms with E-state index in [0.717, 1.165) is 29.0 Å². The lowest BCUT2D eigenvalue weighted by Crippen LogP contribution is -2.08. The van der Waals surface area contributed by atoms with Crippen molar-refractivity contribution in [2.24, 2.45) is 0 Å². The van der Waals surface area contributed by atoms with Gasteiger partial charge in [-0.25, -0.2) is 9.37 Å². The van der Waals surface area contributed by atoms with Crippen LogP contribution in [0, 0.1) is 37.4 Å². The highest BCUT2D eigenvalue weighted by atomic mass is 19.1. The van der Waals surface area contributed by atoms with Crippen molar-refractivity contribution in [1.29, 1.82) is 0 Å².